The second-order valence-electron chi connectivity index (χ2n) is 8.50. The molecule has 1 amide bonds. The molecule has 1 N–H and O–H groups in total. The summed E-state index contributed by atoms with van der Waals surface area (Å²) in [6.45, 7) is 1.60. The average molecular weight is 661 g/mol. The molecular formula is C25H21Cl3F9NOS. The molecule has 1 unspecified atom stereocenters. The van der Waals surface area contributed by atoms with Gasteiger partial charge in [0, 0.05) is 17.5 Å². The van der Waals surface area contributed by atoms with Gasteiger partial charge in [0.25, 0.3) is 5.91 Å². The summed E-state index contributed by atoms with van der Waals surface area (Å²) in [7, 11) is 0. The van der Waals surface area contributed by atoms with Gasteiger partial charge in [-0.1, -0.05) is 59.9 Å². The topological polar surface area (TPSA) is 29.1 Å². The molecule has 2 aromatic rings. The first kappa shape index (κ1) is 34.4. The molecule has 0 aliphatic carbocycles. The summed E-state index contributed by atoms with van der Waals surface area (Å²) in [4.78, 5) is 12.7. The minimum absolute atomic E-state index is 0.0397. The molecule has 0 heterocycles. The summed E-state index contributed by atoms with van der Waals surface area (Å²) < 4.78 is 120. The van der Waals surface area contributed by atoms with Gasteiger partial charge in [0.15, 0.2) is 0 Å². The molecule has 0 aliphatic heterocycles. The van der Waals surface area contributed by atoms with Crippen LogP contribution in [0.15, 0.2) is 36.4 Å². The molecule has 0 radical (unpaired) electrons. The van der Waals surface area contributed by atoms with E-state index >= 15 is 0 Å². The Morgan fingerprint density at radius 3 is 2.08 bits per heavy atom. The maximum atomic E-state index is 13.8. The van der Waals surface area contributed by atoms with Crippen molar-refractivity contribution in [3.63, 3.8) is 0 Å². The predicted molar refractivity (Wildman–Crippen MR) is 140 cm³/mol. The number of nitrogens with one attached hydrogen (secondary N) is 1. The van der Waals surface area contributed by atoms with E-state index in [2.05, 4.69) is 5.32 Å². The van der Waals surface area contributed by atoms with E-state index in [1.165, 1.54) is 0 Å². The Morgan fingerprint density at radius 2 is 1.57 bits per heavy atom. The number of carbonyl (C=O) groups is 1. The van der Waals surface area contributed by atoms with E-state index in [1.54, 1.807) is 6.92 Å². The molecule has 2 atom stereocenters. The van der Waals surface area contributed by atoms with Crippen LogP contribution < -0.4 is 5.32 Å². The third-order valence-electron chi connectivity index (χ3n) is 5.47. The third-order valence-corrected chi connectivity index (χ3v) is 7.80. The van der Waals surface area contributed by atoms with Gasteiger partial charge in [0.2, 0.25) is 0 Å². The molecule has 15 heteroatoms. The molecule has 0 aliphatic rings. The van der Waals surface area contributed by atoms with Gasteiger partial charge in [-0.25, -0.2) is 0 Å². The minimum Gasteiger partial charge on any atom is -0.348 e. The van der Waals surface area contributed by atoms with Crippen molar-refractivity contribution in [3.05, 3.63) is 73.7 Å². The number of hydrogen-bond donors (Lipinski definition) is 1. The number of rotatable bonds is 10. The lowest BCUT2D eigenvalue weighted by atomic mass is 9.96. The van der Waals surface area contributed by atoms with Crippen molar-refractivity contribution in [2.24, 2.45) is 0 Å². The first-order valence-corrected chi connectivity index (χ1v) is 13.7. The van der Waals surface area contributed by atoms with E-state index in [0.29, 0.717) is 12.1 Å². The van der Waals surface area contributed by atoms with Gasteiger partial charge in [-0.15, -0.1) is 0 Å². The fraction of sp³-hybridized carbons (Fsp3) is 0.400. The van der Waals surface area contributed by atoms with Crippen LogP contribution >= 0.6 is 46.6 Å². The lowest BCUT2D eigenvalue weighted by molar-refractivity contribution is -0.139. The fourth-order valence-electron chi connectivity index (χ4n) is 3.41. The Bertz CT molecular complexity index is 1190. The summed E-state index contributed by atoms with van der Waals surface area (Å²) in [6, 6.07) is 3.56. The molecular weight excluding hydrogens is 640 g/mol. The van der Waals surface area contributed by atoms with Crippen LogP contribution in [0.5, 0.6) is 0 Å². The Hall–Kier alpha value is -1.76. The normalized spacial score (nSPS) is 14.4. The lowest BCUT2D eigenvalue weighted by Crippen LogP contribution is -2.37. The standard InChI is InChI=1S/C25H21Cl3F9NOS/c1-2-15(12-40-8-7-23(29,30)31)38-22(39)16-5-3-13(9-18(16)25(35,36)37)4-6-17(24(32,33)34)14-10-19(26)21(28)20(27)11-14/h3-6,9-11,15,17H,2,7-8,12H2,1H3,(H,38,39)/b6-4+/t15-,17?/m1/s1. The summed E-state index contributed by atoms with van der Waals surface area (Å²) >= 11 is 18.3. The molecule has 0 fully saturated rings. The molecule has 2 nitrogen and oxygen atoms in total. The summed E-state index contributed by atoms with van der Waals surface area (Å²) in [5.74, 6) is -3.65. The van der Waals surface area contributed by atoms with Gasteiger partial charge in [-0.05, 0) is 41.8 Å². The number of benzene rings is 2. The van der Waals surface area contributed by atoms with Gasteiger partial charge >= 0.3 is 18.5 Å². The monoisotopic (exact) mass is 659 g/mol. The van der Waals surface area contributed by atoms with Crippen LogP contribution in [0.2, 0.25) is 15.1 Å². The van der Waals surface area contributed by atoms with Crippen molar-refractivity contribution in [1.82, 2.24) is 5.32 Å². The zero-order valence-electron chi connectivity index (χ0n) is 20.4. The van der Waals surface area contributed by atoms with Crippen LogP contribution in [0.4, 0.5) is 39.5 Å². The summed E-state index contributed by atoms with van der Waals surface area (Å²) in [5.41, 5.74) is -2.85. The van der Waals surface area contributed by atoms with Gasteiger partial charge in [-0.3, -0.25) is 4.79 Å². The molecule has 0 spiro atoms. The number of alkyl halides is 9. The van der Waals surface area contributed by atoms with E-state index < -0.39 is 59.5 Å². The molecule has 2 aromatic carbocycles. The zero-order chi connectivity index (χ0) is 30.5. The van der Waals surface area contributed by atoms with E-state index in [0.717, 1.165) is 42.1 Å². The van der Waals surface area contributed by atoms with Crippen LogP contribution in [-0.4, -0.2) is 35.8 Å². The molecule has 222 valence electrons. The smallest absolute Gasteiger partial charge is 0.348 e. The first-order valence-electron chi connectivity index (χ1n) is 11.4. The summed E-state index contributed by atoms with van der Waals surface area (Å²) in [6.07, 6.45) is -13.6. The van der Waals surface area contributed by atoms with Crippen LogP contribution in [-0.2, 0) is 6.18 Å². The first-order chi connectivity index (χ1) is 18.3. The third kappa shape index (κ3) is 10.3. The Morgan fingerprint density at radius 1 is 0.975 bits per heavy atom. The van der Waals surface area contributed by atoms with E-state index in [4.69, 9.17) is 34.8 Å². The number of halogens is 12. The quantitative estimate of drug-likeness (QED) is 0.156. The molecule has 40 heavy (non-hydrogen) atoms. The fourth-order valence-corrected chi connectivity index (χ4v) is 5.17. The van der Waals surface area contributed by atoms with Crippen LogP contribution in [0.25, 0.3) is 6.08 Å². The maximum absolute atomic E-state index is 13.8. The molecule has 0 aromatic heterocycles. The number of thioether (sulfide) groups is 1. The maximum Gasteiger partial charge on any atom is 0.417 e. The molecule has 0 saturated heterocycles. The van der Waals surface area contributed by atoms with Gasteiger partial charge < -0.3 is 5.32 Å². The number of allylic oxidation sites excluding steroid dienone is 1. The van der Waals surface area contributed by atoms with E-state index in [9.17, 15) is 44.3 Å². The second-order valence-corrected chi connectivity index (χ2v) is 10.8. The van der Waals surface area contributed by atoms with E-state index in [1.807, 2.05) is 0 Å². The largest absolute Gasteiger partial charge is 0.417 e. The number of carbonyl (C=O) groups excluding carboxylic acids is 1. The van der Waals surface area contributed by atoms with Crippen molar-refractivity contribution in [2.45, 2.75) is 50.3 Å². The minimum atomic E-state index is -5.04. The highest BCUT2D eigenvalue weighted by molar-refractivity contribution is 7.99. The number of amides is 1. The van der Waals surface area contributed by atoms with Gasteiger partial charge in [0.05, 0.1) is 38.5 Å². The number of hydrogen-bond acceptors (Lipinski definition) is 2. The molecule has 2 rings (SSSR count). The van der Waals surface area contributed by atoms with Crippen LogP contribution in [0.3, 0.4) is 0 Å². The van der Waals surface area contributed by atoms with Crippen LogP contribution in [0.1, 0.15) is 52.7 Å². The highest BCUT2D eigenvalue weighted by Gasteiger charge is 2.40. The van der Waals surface area contributed by atoms with Crippen molar-refractivity contribution in [2.75, 3.05) is 11.5 Å². The van der Waals surface area contributed by atoms with Gasteiger partial charge in [-0.2, -0.15) is 51.3 Å². The Labute approximate surface area is 243 Å². The highest BCUT2D eigenvalue weighted by Crippen LogP contribution is 2.41. The Kier molecular flexibility index (Phi) is 12.0. The second kappa shape index (κ2) is 13.9. The van der Waals surface area contributed by atoms with Crippen molar-refractivity contribution in [1.29, 1.82) is 0 Å². The highest BCUT2D eigenvalue weighted by atomic mass is 35.5. The van der Waals surface area contributed by atoms with Gasteiger partial charge in [0.1, 0.15) is 0 Å². The average Bonchev–Trinajstić information content (AvgIpc) is 2.82. The molecule has 0 bridgehead atoms. The molecule has 0 saturated carbocycles. The Balaban J connectivity index is 2.32. The van der Waals surface area contributed by atoms with Crippen LogP contribution in [0, 0.1) is 0 Å². The zero-order valence-corrected chi connectivity index (χ0v) is 23.5. The van der Waals surface area contributed by atoms with Crippen molar-refractivity contribution >= 4 is 58.5 Å². The summed E-state index contributed by atoms with van der Waals surface area (Å²) in [5, 5.41) is 1.73. The van der Waals surface area contributed by atoms with Crippen molar-refractivity contribution in [3.8, 4) is 0 Å². The van der Waals surface area contributed by atoms with Crippen molar-refractivity contribution < 1.29 is 44.3 Å². The predicted octanol–water partition coefficient (Wildman–Crippen LogP) is 10.2. The van der Waals surface area contributed by atoms with E-state index in [-0.39, 0.29) is 38.6 Å². The lowest BCUT2D eigenvalue weighted by Gasteiger charge is -2.20. The SMILES string of the molecule is CC[C@H](CSCCC(F)(F)F)NC(=O)c1ccc(/C=C/C(c2cc(Cl)c(Cl)c(Cl)c2)C(F)(F)F)cc1C(F)(F)F.